The predicted molar refractivity (Wildman–Crippen MR) is 69.4 cm³/mol. The molecule has 0 amide bonds. The second-order valence-electron chi connectivity index (χ2n) is 6.01. The van der Waals surface area contributed by atoms with Crippen LogP contribution in [-0.2, 0) is 4.74 Å². The van der Waals surface area contributed by atoms with Crippen LogP contribution in [0, 0.1) is 18.8 Å². The smallest absolute Gasteiger partial charge is 0.229 e. The van der Waals surface area contributed by atoms with Crippen molar-refractivity contribution < 1.29 is 9.26 Å². The van der Waals surface area contributed by atoms with Gasteiger partial charge in [-0.25, -0.2) is 0 Å². The molecular formula is C14H24N2O2. The number of ether oxygens (including phenoxy) is 1. The number of rotatable bonds is 5. The molecule has 1 atom stereocenters. The highest BCUT2D eigenvalue weighted by molar-refractivity contribution is 5.01. The SMILES string of the molecule is COC1(C(C)C)CC(CC(C)c2nc(C)no2)C1. The summed E-state index contributed by atoms with van der Waals surface area (Å²) < 4.78 is 10.9. The van der Waals surface area contributed by atoms with Crippen molar-refractivity contribution in [2.75, 3.05) is 7.11 Å². The fourth-order valence-electron chi connectivity index (χ4n) is 3.07. The Balaban J connectivity index is 1.87. The number of hydrogen-bond donors (Lipinski definition) is 0. The molecule has 102 valence electrons. The molecule has 0 aliphatic heterocycles. The van der Waals surface area contributed by atoms with Crippen LogP contribution in [0.3, 0.4) is 0 Å². The monoisotopic (exact) mass is 252 g/mol. The number of aromatic nitrogens is 2. The summed E-state index contributed by atoms with van der Waals surface area (Å²) >= 11 is 0. The molecule has 1 aromatic heterocycles. The van der Waals surface area contributed by atoms with Gasteiger partial charge in [0, 0.05) is 13.0 Å². The summed E-state index contributed by atoms with van der Waals surface area (Å²) in [5.41, 5.74) is 0.106. The largest absolute Gasteiger partial charge is 0.378 e. The summed E-state index contributed by atoms with van der Waals surface area (Å²) in [6, 6.07) is 0. The van der Waals surface area contributed by atoms with Crippen LogP contribution in [0.2, 0.25) is 0 Å². The zero-order chi connectivity index (χ0) is 13.3. The van der Waals surface area contributed by atoms with Gasteiger partial charge in [0.25, 0.3) is 0 Å². The maximum atomic E-state index is 5.71. The van der Waals surface area contributed by atoms with E-state index >= 15 is 0 Å². The molecule has 1 aliphatic rings. The molecule has 0 saturated heterocycles. The van der Waals surface area contributed by atoms with Crippen molar-refractivity contribution in [3.8, 4) is 0 Å². The minimum absolute atomic E-state index is 0.106. The number of hydrogen-bond acceptors (Lipinski definition) is 4. The Hall–Kier alpha value is -0.900. The van der Waals surface area contributed by atoms with Crippen LogP contribution < -0.4 is 0 Å². The Labute approximate surface area is 109 Å². The molecule has 1 heterocycles. The lowest BCUT2D eigenvalue weighted by molar-refractivity contribution is -0.138. The molecule has 0 bridgehead atoms. The summed E-state index contributed by atoms with van der Waals surface area (Å²) in [5, 5.41) is 3.85. The van der Waals surface area contributed by atoms with E-state index in [-0.39, 0.29) is 5.60 Å². The standard InChI is InChI=1S/C14H24N2O2/c1-9(2)14(17-5)7-12(8-14)6-10(3)13-15-11(4)16-18-13/h9-10,12H,6-8H2,1-5H3. The van der Waals surface area contributed by atoms with E-state index in [2.05, 4.69) is 30.9 Å². The Morgan fingerprint density at radius 2 is 2.06 bits per heavy atom. The number of aryl methyl sites for hydroxylation is 1. The normalized spacial score (nSPS) is 29.3. The third-order valence-corrected chi connectivity index (χ3v) is 4.38. The zero-order valence-electron chi connectivity index (χ0n) is 12.1. The molecule has 1 aliphatic carbocycles. The maximum absolute atomic E-state index is 5.71. The van der Waals surface area contributed by atoms with Gasteiger partial charge in [-0.15, -0.1) is 0 Å². The molecule has 1 unspecified atom stereocenters. The molecule has 0 radical (unpaired) electrons. The Morgan fingerprint density at radius 1 is 1.39 bits per heavy atom. The van der Waals surface area contributed by atoms with Gasteiger partial charge in [0.05, 0.1) is 5.60 Å². The average Bonchev–Trinajstić information content (AvgIpc) is 2.69. The maximum Gasteiger partial charge on any atom is 0.229 e. The molecule has 4 heteroatoms. The first kappa shape index (κ1) is 13.5. The molecule has 2 rings (SSSR count). The topological polar surface area (TPSA) is 48.2 Å². The highest BCUT2D eigenvalue weighted by Crippen LogP contribution is 2.48. The molecule has 0 spiro atoms. The van der Waals surface area contributed by atoms with E-state index in [0.717, 1.165) is 36.9 Å². The summed E-state index contributed by atoms with van der Waals surface area (Å²) in [7, 11) is 1.83. The van der Waals surface area contributed by atoms with Gasteiger partial charge >= 0.3 is 0 Å². The van der Waals surface area contributed by atoms with Crippen LogP contribution in [0.25, 0.3) is 0 Å². The molecule has 1 saturated carbocycles. The molecular weight excluding hydrogens is 228 g/mol. The summed E-state index contributed by atoms with van der Waals surface area (Å²) in [5.74, 6) is 3.14. The van der Waals surface area contributed by atoms with E-state index in [4.69, 9.17) is 9.26 Å². The first-order chi connectivity index (χ1) is 8.47. The predicted octanol–water partition coefficient (Wildman–Crippen LogP) is 3.32. The summed E-state index contributed by atoms with van der Waals surface area (Å²) in [6.07, 6.45) is 3.41. The first-order valence-corrected chi connectivity index (χ1v) is 6.82. The van der Waals surface area contributed by atoms with Gasteiger partial charge in [0.15, 0.2) is 5.82 Å². The van der Waals surface area contributed by atoms with Crippen LogP contribution in [0.4, 0.5) is 0 Å². The van der Waals surface area contributed by atoms with Crippen LogP contribution in [0.5, 0.6) is 0 Å². The lowest BCUT2D eigenvalue weighted by Gasteiger charge is -2.50. The van der Waals surface area contributed by atoms with Gasteiger partial charge in [-0.05, 0) is 38.0 Å². The van der Waals surface area contributed by atoms with E-state index in [0.29, 0.717) is 11.8 Å². The van der Waals surface area contributed by atoms with Crippen LogP contribution >= 0.6 is 0 Å². The quantitative estimate of drug-likeness (QED) is 0.806. The summed E-state index contributed by atoms with van der Waals surface area (Å²) in [4.78, 5) is 4.30. The summed E-state index contributed by atoms with van der Waals surface area (Å²) in [6.45, 7) is 8.50. The van der Waals surface area contributed by atoms with Crippen molar-refractivity contribution in [2.45, 2.75) is 58.5 Å². The van der Waals surface area contributed by atoms with Crippen molar-refractivity contribution in [2.24, 2.45) is 11.8 Å². The van der Waals surface area contributed by atoms with E-state index < -0.39 is 0 Å². The molecule has 1 fully saturated rings. The Kier molecular flexibility index (Phi) is 3.76. The van der Waals surface area contributed by atoms with E-state index in [1.807, 2.05) is 14.0 Å². The minimum Gasteiger partial charge on any atom is -0.378 e. The molecule has 18 heavy (non-hydrogen) atoms. The van der Waals surface area contributed by atoms with Crippen molar-refractivity contribution >= 4 is 0 Å². The van der Waals surface area contributed by atoms with Gasteiger partial charge in [-0.3, -0.25) is 0 Å². The molecule has 1 aromatic rings. The molecule has 0 N–H and O–H groups in total. The van der Waals surface area contributed by atoms with Gasteiger partial charge in [0.1, 0.15) is 0 Å². The van der Waals surface area contributed by atoms with Crippen molar-refractivity contribution in [3.05, 3.63) is 11.7 Å². The number of methoxy groups -OCH3 is 1. The van der Waals surface area contributed by atoms with Crippen molar-refractivity contribution in [1.82, 2.24) is 10.1 Å². The highest BCUT2D eigenvalue weighted by Gasteiger charge is 2.47. The first-order valence-electron chi connectivity index (χ1n) is 6.82. The van der Waals surface area contributed by atoms with Gasteiger partial charge < -0.3 is 9.26 Å². The third-order valence-electron chi connectivity index (χ3n) is 4.38. The minimum atomic E-state index is 0.106. The Bertz CT molecular complexity index is 394. The van der Waals surface area contributed by atoms with Crippen LogP contribution in [0.15, 0.2) is 4.52 Å². The van der Waals surface area contributed by atoms with Crippen molar-refractivity contribution in [3.63, 3.8) is 0 Å². The van der Waals surface area contributed by atoms with Crippen LogP contribution in [-0.4, -0.2) is 22.9 Å². The second kappa shape index (κ2) is 5.00. The van der Waals surface area contributed by atoms with E-state index in [1.165, 1.54) is 0 Å². The lowest BCUT2D eigenvalue weighted by atomic mass is 9.63. The van der Waals surface area contributed by atoms with Crippen molar-refractivity contribution in [1.29, 1.82) is 0 Å². The van der Waals surface area contributed by atoms with Gasteiger partial charge in [0.2, 0.25) is 5.89 Å². The number of nitrogens with zero attached hydrogens (tertiary/aromatic N) is 2. The van der Waals surface area contributed by atoms with Gasteiger partial charge in [-0.2, -0.15) is 4.98 Å². The van der Waals surface area contributed by atoms with Gasteiger partial charge in [-0.1, -0.05) is 25.9 Å². The van der Waals surface area contributed by atoms with Crippen LogP contribution in [0.1, 0.15) is 57.7 Å². The van der Waals surface area contributed by atoms with E-state index in [9.17, 15) is 0 Å². The molecule has 4 nitrogen and oxygen atoms in total. The zero-order valence-corrected chi connectivity index (χ0v) is 12.1. The Morgan fingerprint density at radius 3 is 2.50 bits per heavy atom. The average molecular weight is 252 g/mol. The second-order valence-corrected chi connectivity index (χ2v) is 6.01. The lowest BCUT2D eigenvalue weighted by Crippen LogP contribution is -2.50. The fourth-order valence-corrected chi connectivity index (χ4v) is 3.07. The van der Waals surface area contributed by atoms with E-state index in [1.54, 1.807) is 0 Å². The third kappa shape index (κ3) is 2.44. The highest BCUT2D eigenvalue weighted by atomic mass is 16.5. The molecule has 0 aromatic carbocycles. The fraction of sp³-hybridized carbons (Fsp3) is 0.857.